The molecule has 168 valence electrons. The smallest absolute Gasteiger partial charge is 0.307 e. The van der Waals surface area contributed by atoms with Gasteiger partial charge >= 0.3 is 5.91 Å². The molecule has 7 heteroatoms. The maximum absolute atomic E-state index is 12.6. The van der Waals surface area contributed by atoms with Gasteiger partial charge in [0.15, 0.2) is 5.76 Å². The summed E-state index contributed by atoms with van der Waals surface area (Å²) in [6, 6.07) is 21.9. The Labute approximate surface area is 194 Å². The second kappa shape index (κ2) is 8.37. The minimum absolute atomic E-state index is 0.103. The zero-order valence-electron chi connectivity index (χ0n) is 18.5. The zero-order chi connectivity index (χ0) is 23.8. The van der Waals surface area contributed by atoms with E-state index in [-0.39, 0.29) is 11.3 Å². The van der Waals surface area contributed by atoms with Crippen LogP contribution in [0.1, 0.15) is 37.9 Å². The van der Waals surface area contributed by atoms with Crippen molar-refractivity contribution in [3.05, 3.63) is 101 Å². The Balaban J connectivity index is 1.38. The maximum Gasteiger partial charge on any atom is 0.307 e. The first kappa shape index (κ1) is 21.2. The third kappa shape index (κ3) is 3.73. The number of hydrogen-bond acceptors (Lipinski definition) is 5. The Bertz CT molecular complexity index is 1610. The van der Waals surface area contributed by atoms with Crippen LogP contribution in [0.3, 0.4) is 0 Å². The van der Waals surface area contributed by atoms with Gasteiger partial charge in [0, 0.05) is 28.0 Å². The van der Waals surface area contributed by atoms with Crippen molar-refractivity contribution >= 4 is 39.8 Å². The fourth-order valence-corrected chi connectivity index (χ4v) is 4.21. The number of furan rings is 1. The Morgan fingerprint density at radius 3 is 2.62 bits per heavy atom. The molecule has 0 radical (unpaired) electrons. The van der Waals surface area contributed by atoms with Crippen LogP contribution >= 0.6 is 0 Å². The van der Waals surface area contributed by atoms with Gasteiger partial charge in [0.2, 0.25) is 0 Å². The second-order valence-corrected chi connectivity index (χ2v) is 8.01. The van der Waals surface area contributed by atoms with E-state index in [0.29, 0.717) is 11.3 Å². The molecule has 3 aromatic carbocycles. The molecule has 34 heavy (non-hydrogen) atoms. The normalized spacial score (nSPS) is 11.5. The molecule has 0 atom stereocenters. The van der Waals surface area contributed by atoms with E-state index in [2.05, 4.69) is 10.5 Å². The van der Waals surface area contributed by atoms with E-state index in [1.807, 2.05) is 66.9 Å². The van der Waals surface area contributed by atoms with Crippen molar-refractivity contribution in [1.82, 2.24) is 9.99 Å². The molecule has 1 N–H and O–H groups in total. The summed E-state index contributed by atoms with van der Waals surface area (Å²) in [4.78, 5) is 23.8. The number of carboxylic acids is 1. The fourth-order valence-electron chi connectivity index (χ4n) is 4.21. The number of hydrogen-bond donors (Lipinski definition) is 1. The molecule has 7 nitrogen and oxygen atoms in total. The van der Waals surface area contributed by atoms with Gasteiger partial charge in [-0.3, -0.25) is 4.79 Å². The third-order valence-corrected chi connectivity index (χ3v) is 5.83. The average molecular weight is 450 g/mol. The van der Waals surface area contributed by atoms with Crippen LogP contribution in [0.4, 0.5) is 0 Å². The average Bonchev–Trinajstić information content (AvgIpc) is 3.40. The summed E-state index contributed by atoms with van der Waals surface area (Å²) >= 11 is 0. The monoisotopic (exact) mass is 450 g/mol. The van der Waals surface area contributed by atoms with Crippen molar-refractivity contribution in [2.45, 2.75) is 13.8 Å². The molecule has 2 aromatic heterocycles. The van der Waals surface area contributed by atoms with Gasteiger partial charge in [-0.15, -0.1) is 0 Å². The highest BCUT2D eigenvalue weighted by atomic mass is 16.4. The predicted molar refractivity (Wildman–Crippen MR) is 128 cm³/mol. The zero-order valence-corrected chi connectivity index (χ0v) is 18.5. The number of carbonyl (C=O) groups is 2. The van der Waals surface area contributed by atoms with Crippen LogP contribution in [0.15, 0.2) is 82.3 Å². The molecule has 0 saturated heterocycles. The number of aromatic nitrogens is 1. The molecule has 0 unspecified atom stereocenters. The first-order valence-electron chi connectivity index (χ1n) is 10.7. The number of nitrogens with one attached hydrogen (secondary N) is 1. The highest BCUT2D eigenvalue weighted by molar-refractivity contribution is 6.08. The van der Waals surface area contributed by atoms with Crippen LogP contribution in [0, 0.1) is 13.8 Å². The van der Waals surface area contributed by atoms with E-state index >= 15 is 0 Å². The first-order chi connectivity index (χ1) is 16.4. The van der Waals surface area contributed by atoms with Crippen molar-refractivity contribution < 1.29 is 19.1 Å². The lowest BCUT2D eigenvalue weighted by atomic mass is 10.1. The summed E-state index contributed by atoms with van der Waals surface area (Å²) in [5, 5.41) is 18.3. The largest absolute Gasteiger partial charge is 0.545 e. The number of fused-ring (bicyclic) bond motifs is 3. The number of aryl methyl sites for hydroxylation is 1. The molecule has 5 rings (SSSR count). The van der Waals surface area contributed by atoms with Crippen molar-refractivity contribution in [2.75, 3.05) is 0 Å². The highest BCUT2D eigenvalue weighted by Gasteiger charge is 2.14. The molecule has 0 fully saturated rings. The number of carboxylic acid groups (broad SMARTS) is 1. The molecule has 0 aliphatic carbocycles. The Morgan fingerprint density at radius 2 is 1.79 bits per heavy atom. The second-order valence-electron chi connectivity index (χ2n) is 8.01. The summed E-state index contributed by atoms with van der Waals surface area (Å²) in [6.45, 7) is 3.81. The number of hydrazone groups is 1. The lowest BCUT2D eigenvalue weighted by Crippen LogP contribution is -2.22. The van der Waals surface area contributed by atoms with E-state index in [9.17, 15) is 14.7 Å². The van der Waals surface area contributed by atoms with Gasteiger partial charge in [0.05, 0.1) is 12.2 Å². The van der Waals surface area contributed by atoms with Gasteiger partial charge in [0.1, 0.15) is 5.58 Å². The molecule has 1 amide bonds. The molecule has 0 saturated carbocycles. The Morgan fingerprint density at radius 1 is 0.971 bits per heavy atom. The van der Waals surface area contributed by atoms with Crippen LogP contribution in [-0.4, -0.2) is 22.7 Å². The number of carbonyl (C=O) groups excluding carboxylic acids is 2. The quantitative estimate of drug-likeness (QED) is 0.322. The van der Waals surface area contributed by atoms with E-state index in [0.717, 1.165) is 33.1 Å². The van der Waals surface area contributed by atoms with E-state index < -0.39 is 11.9 Å². The van der Waals surface area contributed by atoms with Crippen molar-refractivity contribution in [3.63, 3.8) is 0 Å². The maximum atomic E-state index is 12.6. The van der Waals surface area contributed by atoms with Crippen LogP contribution in [0.5, 0.6) is 0 Å². The topological polar surface area (TPSA) is 99.7 Å². The molecular weight excluding hydrogens is 430 g/mol. The van der Waals surface area contributed by atoms with E-state index in [1.165, 1.54) is 6.07 Å². The van der Waals surface area contributed by atoms with Crippen molar-refractivity contribution in [3.8, 4) is 5.69 Å². The van der Waals surface area contributed by atoms with Crippen LogP contribution in [-0.2, 0) is 0 Å². The Hall–Kier alpha value is -4.65. The molecule has 0 aliphatic rings. The van der Waals surface area contributed by atoms with Crippen LogP contribution in [0.2, 0.25) is 0 Å². The van der Waals surface area contributed by atoms with Gasteiger partial charge < -0.3 is 18.9 Å². The van der Waals surface area contributed by atoms with Gasteiger partial charge in [-0.1, -0.05) is 42.5 Å². The summed E-state index contributed by atoms with van der Waals surface area (Å²) < 4.78 is 7.65. The van der Waals surface area contributed by atoms with E-state index in [4.69, 9.17) is 4.42 Å². The minimum atomic E-state index is -1.23. The van der Waals surface area contributed by atoms with Crippen molar-refractivity contribution in [2.24, 2.45) is 5.10 Å². The fraction of sp³-hybridized carbons (Fsp3) is 0.0741. The molecule has 0 spiro atoms. The number of aromatic carboxylic acids is 1. The van der Waals surface area contributed by atoms with Crippen LogP contribution in [0.25, 0.3) is 27.4 Å². The van der Waals surface area contributed by atoms with Gasteiger partial charge in [-0.25, -0.2) is 5.43 Å². The molecule has 0 bridgehead atoms. The molecular formula is C27H20N3O4-. The van der Waals surface area contributed by atoms with Gasteiger partial charge in [-0.2, -0.15) is 5.10 Å². The third-order valence-electron chi connectivity index (χ3n) is 5.83. The summed E-state index contributed by atoms with van der Waals surface area (Å²) in [7, 11) is 0. The number of rotatable bonds is 5. The molecule has 0 aliphatic heterocycles. The first-order valence-corrected chi connectivity index (χ1v) is 10.7. The van der Waals surface area contributed by atoms with Crippen LogP contribution < -0.4 is 10.5 Å². The number of nitrogens with zero attached hydrogens (tertiary/aromatic N) is 2. The summed E-state index contributed by atoms with van der Waals surface area (Å²) in [5.74, 6) is -1.51. The lowest BCUT2D eigenvalue weighted by Gasteiger charge is -2.11. The summed E-state index contributed by atoms with van der Waals surface area (Å²) in [5.41, 5.74) is 6.48. The highest BCUT2D eigenvalue weighted by Crippen LogP contribution is 2.28. The number of benzene rings is 3. The predicted octanol–water partition coefficient (Wildman–Crippen LogP) is 4.12. The standard InChI is InChI=1S/C27H21N3O4/c1-16-12-20(17(2)30(16)21-8-5-7-19(13-21)27(32)33)15-28-29-26(31)25-14-23-22-9-4-3-6-18(22)10-11-24(23)34-25/h3-15H,1-2H3,(H,29,31)(H,32,33)/p-1. The van der Waals surface area contributed by atoms with E-state index in [1.54, 1.807) is 24.4 Å². The van der Waals surface area contributed by atoms with Crippen molar-refractivity contribution in [1.29, 1.82) is 0 Å². The molecule has 2 heterocycles. The summed E-state index contributed by atoms with van der Waals surface area (Å²) in [6.07, 6.45) is 1.55. The minimum Gasteiger partial charge on any atom is -0.545 e. The number of amides is 1. The SMILES string of the molecule is Cc1cc(C=NNC(=O)c2cc3c(ccc4ccccc43)o2)c(C)n1-c1cccc(C(=O)[O-])c1. The Kier molecular flexibility index (Phi) is 5.22. The lowest BCUT2D eigenvalue weighted by molar-refractivity contribution is -0.255. The molecule has 5 aromatic rings. The van der Waals surface area contributed by atoms with Gasteiger partial charge in [-0.05, 0) is 60.5 Å². The van der Waals surface area contributed by atoms with Gasteiger partial charge in [0.25, 0.3) is 0 Å².